The molecule has 0 saturated carbocycles. The number of carboxylic acids is 1. The lowest BCUT2D eigenvalue weighted by molar-refractivity contribution is 0.0697. The van der Waals surface area contributed by atoms with Gasteiger partial charge in [-0.25, -0.2) is 4.79 Å². The number of furan rings is 1. The van der Waals surface area contributed by atoms with Gasteiger partial charge in [0, 0.05) is 34.8 Å². The van der Waals surface area contributed by atoms with E-state index in [1.165, 1.54) is 16.9 Å². The van der Waals surface area contributed by atoms with Crippen molar-refractivity contribution in [2.45, 2.75) is 31.8 Å². The number of hydrogen-bond donors (Lipinski definition) is 2. The highest BCUT2D eigenvalue weighted by Gasteiger charge is 2.22. The predicted molar refractivity (Wildman–Crippen MR) is 72.5 cm³/mol. The summed E-state index contributed by atoms with van der Waals surface area (Å²) in [5.74, 6) is 0.221. The van der Waals surface area contributed by atoms with E-state index in [0.29, 0.717) is 18.2 Å². The number of carbonyl (C=O) groups is 1. The lowest BCUT2D eigenvalue weighted by Crippen LogP contribution is -2.23. The Kier molecular flexibility index (Phi) is 3.40. The number of thiophene rings is 1. The molecule has 2 aromatic heterocycles. The van der Waals surface area contributed by atoms with E-state index in [1.807, 2.05) is 6.07 Å². The van der Waals surface area contributed by atoms with E-state index in [2.05, 4.69) is 5.32 Å². The summed E-state index contributed by atoms with van der Waals surface area (Å²) in [7, 11) is 0. The molecule has 3 rings (SSSR count). The Hall–Kier alpha value is -1.59. The summed E-state index contributed by atoms with van der Waals surface area (Å²) < 4.78 is 5.46. The Bertz CT molecular complexity index is 587. The van der Waals surface area contributed by atoms with Crippen LogP contribution >= 0.6 is 11.3 Å². The molecule has 5 heteroatoms. The zero-order valence-electron chi connectivity index (χ0n) is 10.4. The normalized spacial score (nSPS) is 18.2. The molecule has 19 heavy (non-hydrogen) atoms. The first-order valence-corrected chi connectivity index (χ1v) is 7.22. The van der Waals surface area contributed by atoms with E-state index in [0.717, 1.165) is 29.9 Å². The van der Waals surface area contributed by atoms with Crippen LogP contribution in [0.3, 0.4) is 0 Å². The number of rotatable bonds is 4. The van der Waals surface area contributed by atoms with Crippen LogP contribution in [0, 0.1) is 0 Å². The molecule has 100 valence electrons. The van der Waals surface area contributed by atoms with Crippen LogP contribution in [0.1, 0.15) is 45.4 Å². The van der Waals surface area contributed by atoms with Gasteiger partial charge in [-0.1, -0.05) is 0 Å². The quantitative estimate of drug-likeness (QED) is 0.900. The predicted octanol–water partition coefficient (Wildman–Crippen LogP) is 3.21. The molecule has 0 amide bonds. The minimum atomic E-state index is -0.864. The average Bonchev–Trinajstić information content (AvgIpc) is 3.05. The highest BCUT2D eigenvalue weighted by atomic mass is 32.1. The second-order valence-corrected chi connectivity index (χ2v) is 5.73. The molecule has 0 aromatic carbocycles. The Morgan fingerprint density at radius 2 is 2.47 bits per heavy atom. The van der Waals surface area contributed by atoms with Gasteiger partial charge < -0.3 is 14.8 Å². The number of aromatic carboxylic acids is 1. The summed E-state index contributed by atoms with van der Waals surface area (Å²) in [6.07, 6.45) is 4.99. The maximum absolute atomic E-state index is 10.8. The van der Waals surface area contributed by atoms with Crippen molar-refractivity contribution in [1.82, 2.24) is 5.32 Å². The van der Waals surface area contributed by atoms with Crippen molar-refractivity contribution in [2.24, 2.45) is 0 Å². The van der Waals surface area contributed by atoms with E-state index in [9.17, 15) is 4.79 Å². The summed E-state index contributed by atoms with van der Waals surface area (Å²) >= 11 is 1.48. The minimum Gasteiger partial charge on any atom is -0.478 e. The van der Waals surface area contributed by atoms with Gasteiger partial charge in [-0.3, -0.25) is 0 Å². The maximum atomic E-state index is 10.8. The third kappa shape index (κ3) is 2.57. The molecular formula is C14H15NO3S. The van der Waals surface area contributed by atoms with Crippen molar-refractivity contribution in [3.05, 3.63) is 45.5 Å². The molecule has 0 radical (unpaired) electrons. The summed E-state index contributed by atoms with van der Waals surface area (Å²) in [6, 6.07) is 4.08. The fourth-order valence-corrected chi connectivity index (χ4v) is 3.32. The zero-order valence-corrected chi connectivity index (χ0v) is 11.2. The summed E-state index contributed by atoms with van der Waals surface area (Å²) in [6.45, 7) is 0.702. The van der Waals surface area contributed by atoms with Crippen LogP contribution in [-0.4, -0.2) is 11.1 Å². The van der Waals surface area contributed by atoms with Crippen LogP contribution in [0.15, 0.2) is 28.2 Å². The molecule has 1 unspecified atom stereocenters. The van der Waals surface area contributed by atoms with Crippen molar-refractivity contribution in [3.8, 4) is 0 Å². The molecule has 0 aliphatic heterocycles. The van der Waals surface area contributed by atoms with Crippen molar-refractivity contribution >= 4 is 17.3 Å². The molecule has 0 bridgehead atoms. The molecular weight excluding hydrogens is 262 g/mol. The van der Waals surface area contributed by atoms with Crippen LogP contribution in [0.2, 0.25) is 0 Å². The number of aryl methyl sites for hydroxylation is 1. The molecule has 1 atom stereocenters. The largest absolute Gasteiger partial charge is 0.478 e. The first-order chi connectivity index (χ1) is 9.24. The van der Waals surface area contributed by atoms with E-state index in [4.69, 9.17) is 9.52 Å². The Morgan fingerprint density at radius 3 is 3.26 bits per heavy atom. The van der Waals surface area contributed by atoms with Crippen LogP contribution < -0.4 is 5.32 Å². The molecule has 0 saturated heterocycles. The van der Waals surface area contributed by atoms with Gasteiger partial charge >= 0.3 is 5.97 Å². The SMILES string of the molecule is O=C(O)c1csc(CNC2CCCc3occc32)c1. The second-order valence-electron chi connectivity index (χ2n) is 4.73. The smallest absolute Gasteiger partial charge is 0.336 e. The molecule has 0 spiro atoms. The van der Waals surface area contributed by atoms with Gasteiger partial charge in [0.1, 0.15) is 5.76 Å². The minimum absolute atomic E-state index is 0.317. The van der Waals surface area contributed by atoms with Crippen molar-refractivity contribution < 1.29 is 14.3 Å². The van der Waals surface area contributed by atoms with E-state index < -0.39 is 5.97 Å². The van der Waals surface area contributed by atoms with Gasteiger partial charge in [-0.05, 0) is 25.0 Å². The van der Waals surface area contributed by atoms with Gasteiger partial charge in [-0.15, -0.1) is 11.3 Å². The Morgan fingerprint density at radius 1 is 1.58 bits per heavy atom. The topological polar surface area (TPSA) is 62.5 Å². The second kappa shape index (κ2) is 5.19. The third-order valence-electron chi connectivity index (χ3n) is 3.48. The van der Waals surface area contributed by atoms with Crippen LogP contribution in [0.4, 0.5) is 0 Å². The molecule has 0 fully saturated rings. The molecule has 1 aliphatic carbocycles. The standard InChI is InChI=1S/C14H15NO3S/c16-14(17)9-6-10(19-8-9)7-15-12-2-1-3-13-11(12)4-5-18-13/h4-6,8,12,15H,1-3,7H2,(H,16,17). The van der Waals surface area contributed by atoms with Gasteiger partial charge in [0.05, 0.1) is 11.8 Å². The van der Waals surface area contributed by atoms with Gasteiger partial charge in [-0.2, -0.15) is 0 Å². The molecule has 2 aromatic rings. The lowest BCUT2D eigenvalue weighted by atomic mass is 9.93. The monoisotopic (exact) mass is 277 g/mol. The lowest BCUT2D eigenvalue weighted by Gasteiger charge is -2.22. The average molecular weight is 277 g/mol. The van der Waals surface area contributed by atoms with Gasteiger partial charge in [0.25, 0.3) is 0 Å². The van der Waals surface area contributed by atoms with Gasteiger partial charge in [0.15, 0.2) is 0 Å². The maximum Gasteiger partial charge on any atom is 0.336 e. The van der Waals surface area contributed by atoms with Crippen molar-refractivity contribution in [2.75, 3.05) is 0 Å². The summed E-state index contributed by atoms with van der Waals surface area (Å²) in [4.78, 5) is 11.9. The molecule has 1 aliphatic rings. The number of carboxylic acid groups (broad SMARTS) is 1. The number of fused-ring (bicyclic) bond motifs is 1. The van der Waals surface area contributed by atoms with Crippen molar-refractivity contribution in [3.63, 3.8) is 0 Å². The number of nitrogens with one attached hydrogen (secondary N) is 1. The first kappa shape index (κ1) is 12.4. The van der Waals surface area contributed by atoms with Crippen LogP contribution in [0.5, 0.6) is 0 Å². The van der Waals surface area contributed by atoms with Gasteiger partial charge in [0.2, 0.25) is 0 Å². The third-order valence-corrected chi connectivity index (χ3v) is 4.41. The van der Waals surface area contributed by atoms with Crippen molar-refractivity contribution in [1.29, 1.82) is 0 Å². The fraction of sp³-hybridized carbons (Fsp3) is 0.357. The fourth-order valence-electron chi connectivity index (χ4n) is 2.51. The summed E-state index contributed by atoms with van der Waals surface area (Å²) in [5.41, 5.74) is 1.62. The Balaban J connectivity index is 1.65. The number of hydrogen-bond acceptors (Lipinski definition) is 4. The summed E-state index contributed by atoms with van der Waals surface area (Å²) in [5, 5.41) is 14.1. The molecule has 2 N–H and O–H groups in total. The highest BCUT2D eigenvalue weighted by Crippen LogP contribution is 2.30. The van der Waals surface area contributed by atoms with Crippen LogP contribution in [-0.2, 0) is 13.0 Å². The van der Waals surface area contributed by atoms with E-state index in [-0.39, 0.29) is 0 Å². The first-order valence-electron chi connectivity index (χ1n) is 6.34. The van der Waals surface area contributed by atoms with E-state index in [1.54, 1.807) is 17.7 Å². The zero-order chi connectivity index (χ0) is 13.2. The Labute approximate surface area is 115 Å². The van der Waals surface area contributed by atoms with E-state index >= 15 is 0 Å². The molecule has 2 heterocycles. The highest BCUT2D eigenvalue weighted by molar-refractivity contribution is 7.10. The van der Waals surface area contributed by atoms with Crippen LogP contribution in [0.25, 0.3) is 0 Å². The molecule has 4 nitrogen and oxygen atoms in total.